The summed E-state index contributed by atoms with van der Waals surface area (Å²) in [6, 6.07) is 8.29. The lowest BCUT2D eigenvalue weighted by atomic mass is 10.0. The molecular formula is C14H12FNO4. The second-order valence-corrected chi connectivity index (χ2v) is 5.10. The van der Waals surface area contributed by atoms with Gasteiger partial charge in [0.1, 0.15) is 5.41 Å². The molecule has 0 aromatic heterocycles. The van der Waals surface area contributed by atoms with E-state index >= 15 is 0 Å². The highest BCUT2D eigenvalue weighted by molar-refractivity contribution is 6.26. The average molecular weight is 277 g/mol. The molecule has 1 spiro atoms. The van der Waals surface area contributed by atoms with Gasteiger partial charge in [0.2, 0.25) is 17.5 Å². The van der Waals surface area contributed by atoms with Crippen LogP contribution in [-0.2, 0) is 19.1 Å². The molecule has 2 amide bonds. The van der Waals surface area contributed by atoms with Crippen molar-refractivity contribution >= 4 is 23.5 Å². The van der Waals surface area contributed by atoms with E-state index in [1.165, 1.54) is 0 Å². The monoisotopic (exact) mass is 277 g/mol. The predicted octanol–water partition coefficient (Wildman–Crippen LogP) is 1.22. The van der Waals surface area contributed by atoms with Crippen LogP contribution in [-0.4, -0.2) is 30.6 Å². The van der Waals surface area contributed by atoms with Crippen molar-refractivity contribution in [2.75, 3.05) is 12.0 Å². The molecule has 1 heterocycles. The fourth-order valence-electron chi connectivity index (χ4n) is 2.83. The Bertz CT molecular complexity index is 617. The molecule has 0 bridgehead atoms. The van der Waals surface area contributed by atoms with E-state index in [2.05, 4.69) is 4.74 Å². The Hall–Kier alpha value is -2.24. The lowest BCUT2D eigenvalue weighted by Gasteiger charge is -2.15. The topological polar surface area (TPSA) is 63.7 Å². The first-order chi connectivity index (χ1) is 9.46. The second kappa shape index (κ2) is 3.88. The number of halogens is 1. The van der Waals surface area contributed by atoms with Gasteiger partial charge in [0.05, 0.1) is 12.8 Å². The number of carbonyl (C=O) groups is 3. The zero-order valence-corrected chi connectivity index (χ0v) is 10.8. The summed E-state index contributed by atoms with van der Waals surface area (Å²) in [5.74, 6) is -2.25. The maximum Gasteiger partial charge on any atom is 0.344 e. The zero-order chi connectivity index (χ0) is 14.5. The van der Waals surface area contributed by atoms with Crippen molar-refractivity contribution < 1.29 is 23.5 Å². The van der Waals surface area contributed by atoms with E-state index in [1.807, 2.05) is 0 Å². The van der Waals surface area contributed by atoms with Gasteiger partial charge in [-0.3, -0.25) is 9.59 Å². The number of anilines is 1. The van der Waals surface area contributed by atoms with E-state index in [4.69, 9.17) is 0 Å². The number of benzene rings is 1. The predicted molar refractivity (Wildman–Crippen MR) is 66.5 cm³/mol. The number of amides is 2. The van der Waals surface area contributed by atoms with Crippen molar-refractivity contribution in [1.29, 1.82) is 0 Å². The summed E-state index contributed by atoms with van der Waals surface area (Å²) in [7, 11) is 1.06. The van der Waals surface area contributed by atoms with E-state index in [9.17, 15) is 18.8 Å². The lowest BCUT2D eigenvalue weighted by molar-refractivity contribution is -0.151. The first-order valence-corrected chi connectivity index (χ1v) is 6.16. The molecule has 104 valence electrons. The van der Waals surface area contributed by atoms with Crippen LogP contribution in [0.1, 0.15) is 12.8 Å². The normalized spacial score (nSPS) is 31.8. The van der Waals surface area contributed by atoms with Crippen molar-refractivity contribution in [2.24, 2.45) is 5.41 Å². The molecular weight excluding hydrogens is 265 g/mol. The van der Waals surface area contributed by atoms with Crippen LogP contribution >= 0.6 is 0 Å². The molecule has 0 radical (unpaired) electrons. The highest BCUT2D eigenvalue weighted by Crippen LogP contribution is 2.65. The number of imide groups is 1. The van der Waals surface area contributed by atoms with Crippen LogP contribution < -0.4 is 4.90 Å². The molecule has 5 nitrogen and oxygen atoms in total. The van der Waals surface area contributed by atoms with Crippen molar-refractivity contribution in [3.05, 3.63) is 30.3 Å². The van der Waals surface area contributed by atoms with Crippen LogP contribution in [0.2, 0.25) is 0 Å². The third kappa shape index (κ3) is 1.39. The van der Waals surface area contributed by atoms with Crippen LogP contribution in [0.25, 0.3) is 0 Å². The Kier molecular flexibility index (Phi) is 2.48. The smallest absolute Gasteiger partial charge is 0.344 e. The largest absolute Gasteiger partial charge is 0.467 e. The summed E-state index contributed by atoms with van der Waals surface area (Å²) in [5, 5.41) is 0. The minimum absolute atomic E-state index is 0.291. The number of ether oxygens (including phenoxy) is 1. The van der Waals surface area contributed by atoms with Crippen LogP contribution in [0.4, 0.5) is 10.1 Å². The Morgan fingerprint density at radius 1 is 1.30 bits per heavy atom. The van der Waals surface area contributed by atoms with Gasteiger partial charge in [0, 0.05) is 12.8 Å². The van der Waals surface area contributed by atoms with Gasteiger partial charge in [-0.2, -0.15) is 0 Å². The fourth-order valence-corrected chi connectivity index (χ4v) is 2.83. The van der Waals surface area contributed by atoms with Crippen molar-refractivity contribution in [2.45, 2.75) is 18.5 Å². The molecule has 0 unspecified atom stereocenters. The number of nitrogens with zero attached hydrogens (tertiary/aromatic N) is 1. The van der Waals surface area contributed by atoms with E-state index in [1.54, 1.807) is 30.3 Å². The zero-order valence-electron chi connectivity index (χ0n) is 10.8. The Balaban J connectivity index is 1.96. The first-order valence-electron chi connectivity index (χ1n) is 6.16. The van der Waals surface area contributed by atoms with Crippen LogP contribution in [0, 0.1) is 5.41 Å². The maximum absolute atomic E-state index is 14.5. The van der Waals surface area contributed by atoms with Gasteiger partial charge in [-0.15, -0.1) is 0 Å². The minimum atomic E-state index is -2.38. The molecule has 1 saturated carbocycles. The standard InChI is InChI=1S/C14H12FNO4/c1-20-12(19)14(15)8-13(14)7-10(17)16(11(13)18)9-5-3-2-4-6-9/h2-6H,7-8H2,1H3/t13-,14+/m0/s1. The third-order valence-electron chi connectivity index (χ3n) is 4.02. The average Bonchev–Trinajstić information content (AvgIpc) is 2.97. The molecule has 1 aliphatic carbocycles. The van der Waals surface area contributed by atoms with E-state index < -0.39 is 28.9 Å². The van der Waals surface area contributed by atoms with Gasteiger partial charge < -0.3 is 4.74 Å². The molecule has 6 heteroatoms. The van der Waals surface area contributed by atoms with Gasteiger partial charge in [-0.05, 0) is 12.1 Å². The number of alkyl halides is 1. The Morgan fingerprint density at radius 2 is 1.95 bits per heavy atom. The van der Waals surface area contributed by atoms with Gasteiger partial charge in [0.15, 0.2) is 0 Å². The second-order valence-electron chi connectivity index (χ2n) is 5.10. The van der Waals surface area contributed by atoms with Crippen molar-refractivity contribution in [1.82, 2.24) is 0 Å². The quantitative estimate of drug-likeness (QED) is 0.602. The number of para-hydroxylation sites is 1. The number of esters is 1. The van der Waals surface area contributed by atoms with Gasteiger partial charge in [-0.1, -0.05) is 18.2 Å². The minimum Gasteiger partial charge on any atom is -0.467 e. The summed E-state index contributed by atoms with van der Waals surface area (Å²) in [6.07, 6.45) is -0.590. The maximum atomic E-state index is 14.5. The highest BCUT2D eigenvalue weighted by Gasteiger charge is 2.82. The van der Waals surface area contributed by atoms with Crippen LogP contribution in [0.15, 0.2) is 30.3 Å². The lowest BCUT2D eigenvalue weighted by Crippen LogP contribution is -2.35. The molecule has 0 N–H and O–H groups in total. The van der Waals surface area contributed by atoms with Gasteiger partial charge in [-0.25, -0.2) is 14.1 Å². The molecule has 1 aliphatic heterocycles. The van der Waals surface area contributed by atoms with E-state index in [0.717, 1.165) is 12.0 Å². The summed E-state index contributed by atoms with van der Waals surface area (Å²) >= 11 is 0. The molecule has 2 fully saturated rings. The van der Waals surface area contributed by atoms with Crippen molar-refractivity contribution in [3.63, 3.8) is 0 Å². The Labute approximate surface area is 114 Å². The molecule has 3 rings (SSSR count). The number of rotatable bonds is 2. The molecule has 2 atom stereocenters. The van der Waals surface area contributed by atoms with E-state index in [-0.39, 0.29) is 12.8 Å². The number of hydrogen-bond acceptors (Lipinski definition) is 4. The molecule has 1 aromatic rings. The highest BCUT2D eigenvalue weighted by atomic mass is 19.1. The summed E-state index contributed by atoms with van der Waals surface area (Å²) in [6.45, 7) is 0. The molecule has 2 aliphatic rings. The number of carbonyl (C=O) groups excluding carboxylic acids is 3. The summed E-state index contributed by atoms with van der Waals surface area (Å²) in [5.41, 5.74) is -3.57. The third-order valence-corrected chi connectivity index (χ3v) is 4.02. The number of methoxy groups -OCH3 is 1. The first kappa shape index (κ1) is 12.8. The van der Waals surface area contributed by atoms with Crippen molar-refractivity contribution in [3.8, 4) is 0 Å². The van der Waals surface area contributed by atoms with Gasteiger partial charge >= 0.3 is 5.97 Å². The summed E-state index contributed by atoms with van der Waals surface area (Å²) < 4.78 is 18.9. The fraction of sp³-hybridized carbons (Fsp3) is 0.357. The van der Waals surface area contributed by atoms with Crippen LogP contribution in [0.3, 0.4) is 0 Å². The molecule has 1 saturated heterocycles. The molecule has 20 heavy (non-hydrogen) atoms. The number of hydrogen-bond donors (Lipinski definition) is 0. The van der Waals surface area contributed by atoms with E-state index in [0.29, 0.717) is 5.69 Å². The summed E-state index contributed by atoms with van der Waals surface area (Å²) in [4.78, 5) is 36.8. The Morgan fingerprint density at radius 3 is 2.55 bits per heavy atom. The SMILES string of the molecule is COC(=O)[C@]1(F)C[C@]12CC(=O)N(c1ccccc1)C2=O. The van der Waals surface area contributed by atoms with Crippen LogP contribution in [0.5, 0.6) is 0 Å². The molecule has 1 aromatic carbocycles. The van der Waals surface area contributed by atoms with Gasteiger partial charge in [0.25, 0.3) is 0 Å².